The van der Waals surface area contributed by atoms with Crippen LogP contribution in [0.5, 0.6) is 0 Å². The number of rotatable bonds is 5. The normalized spacial score (nSPS) is 11.3. The van der Waals surface area contributed by atoms with Crippen LogP contribution >= 0.6 is 0 Å². The number of nitrogen functional groups attached to an aromatic ring is 1. The summed E-state index contributed by atoms with van der Waals surface area (Å²) in [6, 6.07) is 2.05. The quantitative estimate of drug-likeness (QED) is 0.610. The molecule has 6 nitrogen and oxygen atoms in total. The molecule has 0 fully saturated rings. The van der Waals surface area contributed by atoms with Gasteiger partial charge in [0, 0.05) is 17.8 Å². The van der Waals surface area contributed by atoms with E-state index in [1.165, 1.54) is 20.1 Å². The van der Waals surface area contributed by atoms with E-state index in [0.29, 0.717) is 0 Å². The van der Waals surface area contributed by atoms with E-state index in [1.807, 2.05) is 0 Å². The molecule has 0 unspecified atom stereocenters. The van der Waals surface area contributed by atoms with Crippen LogP contribution in [0.3, 0.4) is 0 Å². The molecule has 0 bridgehead atoms. The lowest BCUT2D eigenvalue weighted by molar-refractivity contribution is -0.140. The molecule has 0 aliphatic heterocycles. The number of anilines is 1. The maximum atomic E-state index is 13.4. The van der Waals surface area contributed by atoms with Gasteiger partial charge in [-0.1, -0.05) is 0 Å². The summed E-state index contributed by atoms with van der Waals surface area (Å²) in [7, 11) is -2.70. The van der Waals surface area contributed by atoms with Crippen LogP contribution in [-0.4, -0.2) is 28.0 Å². The van der Waals surface area contributed by atoms with E-state index in [0.717, 1.165) is 6.07 Å². The molecule has 3 N–H and O–H groups in total. The highest BCUT2D eigenvalue weighted by atomic mass is 32.2. The lowest BCUT2D eigenvalue weighted by Crippen LogP contribution is -2.26. The third kappa shape index (κ3) is 3.90. The molecule has 1 aromatic carbocycles. The van der Waals surface area contributed by atoms with E-state index < -0.39 is 21.8 Å². The fraction of sp³-hybridized carbons (Fsp3) is 0.364. The first-order valence-electron chi connectivity index (χ1n) is 5.40. The van der Waals surface area contributed by atoms with Crippen molar-refractivity contribution in [1.29, 1.82) is 0 Å². The van der Waals surface area contributed by atoms with Crippen molar-refractivity contribution >= 4 is 21.7 Å². The third-order valence-corrected chi connectivity index (χ3v) is 3.96. The van der Waals surface area contributed by atoms with E-state index in [4.69, 9.17) is 5.73 Å². The summed E-state index contributed by atoms with van der Waals surface area (Å²) in [6.07, 6.45) is -0.112. The Kier molecular flexibility index (Phi) is 4.84. The van der Waals surface area contributed by atoms with E-state index in [1.54, 1.807) is 0 Å². The molecule has 0 radical (unpaired) electrons. The molecule has 1 rings (SSSR count). The van der Waals surface area contributed by atoms with E-state index in [-0.39, 0.29) is 29.1 Å². The van der Waals surface area contributed by atoms with Crippen molar-refractivity contribution in [3.05, 3.63) is 23.5 Å². The Hall–Kier alpha value is -1.67. The van der Waals surface area contributed by atoms with Crippen LogP contribution < -0.4 is 10.5 Å². The lowest BCUT2D eigenvalue weighted by Gasteiger charge is -2.09. The molecule has 106 valence electrons. The third-order valence-electron chi connectivity index (χ3n) is 2.52. The highest BCUT2D eigenvalue weighted by Gasteiger charge is 2.17. The maximum absolute atomic E-state index is 13.4. The zero-order valence-electron chi connectivity index (χ0n) is 10.6. The van der Waals surface area contributed by atoms with Gasteiger partial charge in [0.2, 0.25) is 10.0 Å². The number of methoxy groups -OCH3 is 1. The average molecular weight is 290 g/mol. The van der Waals surface area contributed by atoms with Crippen LogP contribution in [0.2, 0.25) is 0 Å². The van der Waals surface area contributed by atoms with Crippen LogP contribution in [0, 0.1) is 12.7 Å². The SMILES string of the molecule is COC(=O)CCNS(=O)(=O)c1cc(N)c(C)c(F)c1. The second-order valence-electron chi connectivity index (χ2n) is 3.84. The summed E-state index contributed by atoms with van der Waals surface area (Å²) < 4.78 is 43.6. The van der Waals surface area contributed by atoms with Gasteiger partial charge in [0.25, 0.3) is 0 Å². The number of carbonyl (C=O) groups is 1. The molecular weight excluding hydrogens is 275 g/mol. The minimum atomic E-state index is -3.90. The van der Waals surface area contributed by atoms with E-state index in [2.05, 4.69) is 9.46 Å². The molecule has 0 aliphatic carbocycles. The number of esters is 1. The van der Waals surface area contributed by atoms with Crippen molar-refractivity contribution in [3.63, 3.8) is 0 Å². The molecule has 19 heavy (non-hydrogen) atoms. The van der Waals surface area contributed by atoms with Gasteiger partial charge in [-0.15, -0.1) is 0 Å². The largest absolute Gasteiger partial charge is 0.469 e. The van der Waals surface area contributed by atoms with Crippen molar-refractivity contribution in [2.45, 2.75) is 18.2 Å². The fourth-order valence-corrected chi connectivity index (χ4v) is 2.38. The number of ether oxygens (including phenoxy) is 1. The lowest BCUT2D eigenvalue weighted by atomic mass is 10.2. The van der Waals surface area contributed by atoms with Gasteiger partial charge in [-0.3, -0.25) is 4.79 Å². The van der Waals surface area contributed by atoms with Gasteiger partial charge in [-0.25, -0.2) is 17.5 Å². The number of hydrogen-bond acceptors (Lipinski definition) is 5. The van der Waals surface area contributed by atoms with Gasteiger partial charge in [-0.05, 0) is 19.1 Å². The van der Waals surface area contributed by atoms with E-state index >= 15 is 0 Å². The highest BCUT2D eigenvalue weighted by molar-refractivity contribution is 7.89. The molecule has 0 aromatic heterocycles. The number of nitrogens with two attached hydrogens (primary N) is 1. The first-order chi connectivity index (χ1) is 8.77. The maximum Gasteiger partial charge on any atom is 0.306 e. The molecule has 0 atom stereocenters. The van der Waals surface area contributed by atoms with Gasteiger partial charge in [-0.2, -0.15) is 0 Å². The minimum Gasteiger partial charge on any atom is -0.469 e. The average Bonchev–Trinajstić information content (AvgIpc) is 2.34. The van der Waals surface area contributed by atoms with Crippen LogP contribution in [-0.2, 0) is 19.6 Å². The van der Waals surface area contributed by atoms with Gasteiger partial charge < -0.3 is 10.5 Å². The van der Waals surface area contributed by atoms with Crippen molar-refractivity contribution in [2.24, 2.45) is 0 Å². The van der Waals surface area contributed by atoms with Crippen molar-refractivity contribution < 1.29 is 22.3 Å². The Bertz CT molecular complexity index is 563. The van der Waals surface area contributed by atoms with Crippen molar-refractivity contribution in [3.8, 4) is 0 Å². The number of hydrogen-bond donors (Lipinski definition) is 2. The Labute approximate surface area is 110 Å². The Balaban J connectivity index is 2.86. The summed E-state index contributed by atoms with van der Waals surface area (Å²) in [5.41, 5.74) is 5.75. The summed E-state index contributed by atoms with van der Waals surface area (Å²) in [5.74, 6) is -1.24. The zero-order chi connectivity index (χ0) is 14.6. The zero-order valence-corrected chi connectivity index (χ0v) is 11.4. The minimum absolute atomic E-state index is 0.0494. The molecular formula is C11H15FN2O4S. The topological polar surface area (TPSA) is 98.5 Å². The summed E-state index contributed by atoms with van der Waals surface area (Å²) in [6.45, 7) is 1.32. The van der Waals surface area contributed by atoms with Gasteiger partial charge in [0.05, 0.1) is 18.4 Å². The van der Waals surface area contributed by atoms with Crippen LogP contribution in [0.25, 0.3) is 0 Å². The molecule has 0 heterocycles. The number of halogens is 1. The molecule has 1 aromatic rings. The Morgan fingerprint density at radius 3 is 2.63 bits per heavy atom. The number of nitrogens with one attached hydrogen (secondary N) is 1. The van der Waals surface area contributed by atoms with Crippen LogP contribution in [0.1, 0.15) is 12.0 Å². The molecule has 0 aliphatic rings. The molecule has 0 amide bonds. The molecule has 0 spiro atoms. The summed E-state index contributed by atoms with van der Waals surface area (Å²) in [4.78, 5) is 10.6. The smallest absolute Gasteiger partial charge is 0.306 e. The highest BCUT2D eigenvalue weighted by Crippen LogP contribution is 2.20. The van der Waals surface area contributed by atoms with E-state index in [9.17, 15) is 17.6 Å². The molecule has 0 saturated carbocycles. The standard InChI is InChI=1S/C11H15FN2O4S/c1-7-9(12)5-8(6-10(7)13)19(16,17)14-4-3-11(15)18-2/h5-6,14H,3-4,13H2,1-2H3. The van der Waals surface area contributed by atoms with Crippen LogP contribution in [0.4, 0.5) is 10.1 Å². The molecule has 0 saturated heterocycles. The van der Waals surface area contributed by atoms with Gasteiger partial charge in [0.15, 0.2) is 0 Å². The van der Waals surface area contributed by atoms with Crippen molar-refractivity contribution in [2.75, 3.05) is 19.4 Å². The number of carbonyl (C=O) groups excluding carboxylic acids is 1. The second-order valence-corrected chi connectivity index (χ2v) is 5.61. The predicted octanol–water partition coefficient (Wildman–Crippen LogP) is 0.558. The number of benzene rings is 1. The first kappa shape index (κ1) is 15.4. The monoisotopic (exact) mass is 290 g/mol. The van der Waals surface area contributed by atoms with Crippen molar-refractivity contribution in [1.82, 2.24) is 4.72 Å². The van der Waals surface area contributed by atoms with Gasteiger partial charge >= 0.3 is 5.97 Å². The predicted molar refractivity (Wildman–Crippen MR) is 67.4 cm³/mol. The first-order valence-corrected chi connectivity index (χ1v) is 6.88. The van der Waals surface area contributed by atoms with Gasteiger partial charge in [0.1, 0.15) is 5.82 Å². The fourth-order valence-electron chi connectivity index (χ4n) is 1.30. The number of sulfonamides is 1. The second kappa shape index (κ2) is 5.98. The Morgan fingerprint density at radius 1 is 1.47 bits per heavy atom. The summed E-state index contributed by atoms with van der Waals surface area (Å²) in [5, 5.41) is 0. The van der Waals surface area contributed by atoms with Crippen LogP contribution in [0.15, 0.2) is 17.0 Å². The Morgan fingerprint density at radius 2 is 2.11 bits per heavy atom. The molecule has 8 heteroatoms. The summed E-state index contributed by atoms with van der Waals surface area (Å²) >= 11 is 0.